The Morgan fingerprint density at radius 3 is 2.48 bits per heavy atom. The SMILES string of the molecule is CC(=O)N1CCN(C(=O)Cn2ccnc2)C[C@@H](C(N)=O)C1. The van der Waals surface area contributed by atoms with Crippen LogP contribution in [0.2, 0.25) is 0 Å². The summed E-state index contributed by atoms with van der Waals surface area (Å²) >= 11 is 0. The average Bonchev–Trinajstić information content (AvgIpc) is 2.80. The molecular formula is C13H19N5O3. The molecule has 0 radical (unpaired) electrons. The van der Waals surface area contributed by atoms with Gasteiger partial charge >= 0.3 is 0 Å². The molecule has 1 atom stereocenters. The second-order valence-electron chi connectivity index (χ2n) is 5.14. The van der Waals surface area contributed by atoms with E-state index in [9.17, 15) is 14.4 Å². The zero-order chi connectivity index (χ0) is 15.4. The number of rotatable bonds is 3. The Morgan fingerprint density at radius 2 is 1.90 bits per heavy atom. The van der Waals surface area contributed by atoms with Crippen molar-refractivity contribution >= 4 is 17.7 Å². The van der Waals surface area contributed by atoms with Gasteiger partial charge < -0.3 is 20.1 Å². The van der Waals surface area contributed by atoms with Crippen molar-refractivity contribution in [1.29, 1.82) is 0 Å². The molecular weight excluding hydrogens is 274 g/mol. The van der Waals surface area contributed by atoms with Crippen molar-refractivity contribution in [3.63, 3.8) is 0 Å². The van der Waals surface area contributed by atoms with Gasteiger partial charge in [0.2, 0.25) is 17.7 Å². The number of imidazole rings is 1. The van der Waals surface area contributed by atoms with Crippen molar-refractivity contribution in [3.8, 4) is 0 Å². The Balaban J connectivity index is 2.06. The van der Waals surface area contributed by atoms with E-state index in [0.29, 0.717) is 13.1 Å². The van der Waals surface area contributed by atoms with E-state index >= 15 is 0 Å². The van der Waals surface area contributed by atoms with Crippen LogP contribution in [0.4, 0.5) is 0 Å². The van der Waals surface area contributed by atoms with Crippen molar-refractivity contribution in [2.24, 2.45) is 11.7 Å². The lowest BCUT2D eigenvalue weighted by Crippen LogP contribution is -2.41. The van der Waals surface area contributed by atoms with E-state index in [2.05, 4.69) is 4.98 Å². The number of aromatic nitrogens is 2. The summed E-state index contributed by atoms with van der Waals surface area (Å²) in [6.07, 6.45) is 4.85. The molecule has 1 aromatic heterocycles. The molecule has 114 valence electrons. The van der Waals surface area contributed by atoms with E-state index < -0.39 is 11.8 Å². The number of nitrogens with zero attached hydrogens (tertiary/aromatic N) is 4. The highest BCUT2D eigenvalue weighted by Gasteiger charge is 2.29. The highest BCUT2D eigenvalue weighted by Crippen LogP contribution is 2.11. The Bertz CT molecular complexity index is 528. The standard InChI is InChI=1S/C13H19N5O3/c1-10(19)17-4-5-18(7-11(6-17)13(14)21)12(20)8-16-3-2-15-9-16/h2-3,9,11H,4-8H2,1H3,(H2,14,21)/t11-/m0/s1. The number of hydrogen-bond acceptors (Lipinski definition) is 4. The van der Waals surface area contributed by atoms with Gasteiger partial charge in [-0.15, -0.1) is 0 Å². The minimum Gasteiger partial charge on any atom is -0.369 e. The number of carbonyl (C=O) groups excluding carboxylic acids is 3. The molecule has 8 nitrogen and oxygen atoms in total. The molecule has 3 amide bonds. The summed E-state index contributed by atoms with van der Waals surface area (Å²) in [4.78, 5) is 42.3. The molecule has 2 heterocycles. The second-order valence-corrected chi connectivity index (χ2v) is 5.14. The third kappa shape index (κ3) is 3.80. The number of hydrogen-bond donors (Lipinski definition) is 1. The lowest BCUT2D eigenvalue weighted by atomic mass is 10.1. The van der Waals surface area contributed by atoms with Gasteiger partial charge in [0.25, 0.3) is 0 Å². The van der Waals surface area contributed by atoms with Crippen LogP contribution in [-0.2, 0) is 20.9 Å². The predicted molar refractivity (Wildman–Crippen MR) is 73.7 cm³/mol. The van der Waals surface area contributed by atoms with Crippen LogP contribution in [0.15, 0.2) is 18.7 Å². The van der Waals surface area contributed by atoms with Gasteiger partial charge in [0.1, 0.15) is 6.54 Å². The molecule has 0 unspecified atom stereocenters. The second kappa shape index (κ2) is 6.38. The normalized spacial score (nSPS) is 19.2. The van der Waals surface area contributed by atoms with Crippen LogP contribution in [-0.4, -0.2) is 63.3 Å². The molecule has 2 N–H and O–H groups in total. The van der Waals surface area contributed by atoms with Gasteiger partial charge in [0.05, 0.1) is 12.2 Å². The summed E-state index contributed by atoms with van der Waals surface area (Å²) in [6, 6.07) is 0. The molecule has 0 aliphatic carbocycles. The van der Waals surface area contributed by atoms with Gasteiger partial charge in [-0.2, -0.15) is 0 Å². The maximum absolute atomic E-state index is 12.3. The smallest absolute Gasteiger partial charge is 0.242 e. The van der Waals surface area contributed by atoms with E-state index in [1.165, 1.54) is 6.92 Å². The quantitative estimate of drug-likeness (QED) is 0.746. The van der Waals surface area contributed by atoms with E-state index in [-0.39, 0.29) is 31.4 Å². The van der Waals surface area contributed by atoms with Gasteiger partial charge in [0, 0.05) is 45.5 Å². The number of amides is 3. The van der Waals surface area contributed by atoms with Crippen LogP contribution in [0.5, 0.6) is 0 Å². The monoisotopic (exact) mass is 293 g/mol. The first kappa shape index (κ1) is 15.0. The van der Waals surface area contributed by atoms with Crippen molar-refractivity contribution < 1.29 is 14.4 Å². The maximum atomic E-state index is 12.3. The van der Waals surface area contributed by atoms with E-state index in [0.717, 1.165) is 0 Å². The largest absolute Gasteiger partial charge is 0.369 e. The molecule has 1 saturated heterocycles. The lowest BCUT2D eigenvalue weighted by molar-refractivity contribution is -0.133. The molecule has 8 heteroatoms. The van der Waals surface area contributed by atoms with Crippen molar-refractivity contribution in [2.75, 3.05) is 26.2 Å². The van der Waals surface area contributed by atoms with Crippen molar-refractivity contribution in [1.82, 2.24) is 19.4 Å². The van der Waals surface area contributed by atoms with Crippen LogP contribution in [0.1, 0.15) is 6.92 Å². The molecule has 21 heavy (non-hydrogen) atoms. The zero-order valence-electron chi connectivity index (χ0n) is 11.9. The minimum atomic E-state index is -0.539. The predicted octanol–water partition coefficient (Wildman–Crippen LogP) is -1.32. The first-order valence-corrected chi connectivity index (χ1v) is 6.75. The topological polar surface area (TPSA) is 102 Å². The first-order valence-electron chi connectivity index (χ1n) is 6.75. The fourth-order valence-corrected chi connectivity index (χ4v) is 2.34. The van der Waals surface area contributed by atoms with Gasteiger partial charge in [-0.25, -0.2) is 4.98 Å². The maximum Gasteiger partial charge on any atom is 0.242 e. The fourth-order valence-electron chi connectivity index (χ4n) is 2.34. The first-order chi connectivity index (χ1) is 9.97. The molecule has 0 saturated carbocycles. The van der Waals surface area contributed by atoms with Crippen LogP contribution in [0, 0.1) is 5.92 Å². The number of nitrogens with two attached hydrogens (primary N) is 1. The molecule has 1 fully saturated rings. The van der Waals surface area contributed by atoms with Gasteiger partial charge in [0.15, 0.2) is 0 Å². The Kier molecular flexibility index (Phi) is 4.56. The molecule has 1 aliphatic heterocycles. The summed E-state index contributed by atoms with van der Waals surface area (Å²) in [5.74, 6) is -1.28. The fraction of sp³-hybridized carbons (Fsp3) is 0.538. The Morgan fingerprint density at radius 1 is 1.24 bits per heavy atom. The molecule has 1 aliphatic rings. The highest BCUT2D eigenvalue weighted by molar-refractivity contribution is 5.81. The van der Waals surface area contributed by atoms with E-state index in [1.807, 2.05) is 0 Å². The van der Waals surface area contributed by atoms with Crippen LogP contribution in [0.25, 0.3) is 0 Å². The summed E-state index contributed by atoms with van der Waals surface area (Å²) in [5, 5.41) is 0. The lowest BCUT2D eigenvalue weighted by Gasteiger charge is -2.22. The summed E-state index contributed by atoms with van der Waals surface area (Å²) in [5.41, 5.74) is 5.37. The third-order valence-corrected chi connectivity index (χ3v) is 3.60. The average molecular weight is 293 g/mol. The zero-order valence-corrected chi connectivity index (χ0v) is 11.9. The molecule has 1 aromatic rings. The molecule has 0 aromatic carbocycles. The molecule has 0 spiro atoms. The van der Waals surface area contributed by atoms with E-state index in [1.54, 1.807) is 33.1 Å². The third-order valence-electron chi connectivity index (χ3n) is 3.60. The summed E-state index contributed by atoms with van der Waals surface area (Å²) in [6.45, 7) is 2.92. The minimum absolute atomic E-state index is 0.120. The highest BCUT2D eigenvalue weighted by atomic mass is 16.2. The number of carbonyl (C=O) groups is 3. The van der Waals surface area contributed by atoms with Crippen LogP contribution in [0.3, 0.4) is 0 Å². The van der Waals surface area contributed by atoms with Crippen molar-refractivity contribution in [3.05, 3.63) is 18.7 Å². The summed E-state index contributed by atoms with van der Waals surface area (Å²) in [7, 11) is 0. The number of primary amides is 1. The molecule has 2 rings (SSSR count). The van der Waals surface area contributed by atoms with Crippen molar-refractivity contribution in [2.45, 2.75) is 13.5 Å². The van der Waals surface area contributed by atoms with E-state index in [4.69, 9.17) is 5.73 Å². The van der Waals surface area contributed by atoms with Gasteiger partial charge in [-0.1, -0.05) is 0 Å². The Hall–Kier alpha value is -2.38. The van der Waals surface area contributed by atoms with Gasteiger partial charge in [-0.05, 0) is 0 Å². The Labute approximate surface area is 122 Å². The molecule has 0 bridgehead atoms. The van der Waals surface area contributed by atoms with Gasteiger partial charge in [-0.3, -0.25) is 14.4 Å². The summed E-state index contributed by atoms with van der Waals surface area (Å²) < 4.78 is 1.66. The van der Waals surface area contributed by atoms with Crippen LogP contribution < -0.4 is 5.73 Å². The van der Waals surface area contributed by atoms with Crippen LogP contribution >= 0.6 is 0 Å².